The maximum Gasteiger partial charge on any atom is 0.271 e. The number of ether oxygens (including phenoxy) is 1. The summed E-state index contributed by atoms with van der Waals surface area (Å²) in [7, 11) is 0. The zero-order valence-electron chi connectivity index (χ0n) is 13.4. The van der Waals surface area contributed by atoms with E-state index in [4.69, 9.17) is 10.5 Å². The smallest absolute Gasteiger partial charge is 0.271 e. The van der Waals surface area contributed by atoms with Crippen molar-refractivity contribution in [2.24, 2.45) is 11.7 Å². The summed E-state index contributed by atoms with van der Waals surface area (Å²) in [5.74, 6) is -0.597. The summed E-state index contributed by atoms with van der Waals surface area (Å²) in [5.41, 5.74) is 6.58. The molecule has 0 bridgehead atoms. The van der Waals surface area contributed by atoms with Gasteiger partial charge in [0, 0.05) is 18.9 Å². The van der Waals surface area contributed by atoms with Gasteiger partial charge in [-0.3, -0.25) is 14.6 Å². The fourth-order valence-electron chi connectivity index (χ4n) is 2.17. The van der Waals surface area contributed by atoms with Gasteiger partial charge in [0.1, 0.15) is 11.4 Å². The maximum atomic E-state index is 12.0. The number of benzene rings is 1. The molecule has 0 unspecified atom stereocenters. The van der Waals surface area contributed by atoms with Gasteiger partial charge in [-0.1, -0.05) is 12.1 Å². The van der Waals surface area contributed by atoms with Crippen molar-refractivity contribution in [3.05, 3.63) is 54.1 Å². The molecule has 2 aromatic rings. The summed E-state index contributed by atoms with van der Waals surface area (Å²) in [6, 6.07) is 7.45. The first-order chi connectivity index (χ1) is 11.6. The van der Waals surface area contributed by atoms with Crippen LogP contribution in [0.4, 0.5) is 0 Å². The van der Waals surface area contributed by atoms with E-state index in [9.17, 15) is 9.59 Å². The van der Waals surface area contributed by atoms with Crippen LogP contribution in [0.25, 0.3) is 0 Å². The molecule has 0 saturated carbocycles. The number of rotatable bonds is 8. The Bertz CT molecular complexity index is 674. The molecule has 0 radical (unpaired) electrons. The van der Waals surface area contributed by atoms with E-state index in [0.717, 1.165) is 11.3 Å². The predicted octanol–water partition coefficient (Wildman–Crippen LogP) is 0.949. The van der Waals surface area contributed by atoms with Gasteiger partial charge in [-0.2, -0.15) is 0 Å². The lowest BCUT2D eigenvalue weighted by Gasteiger charge is -2.14. The third-order valence-corrected chi connectivity index (χ3v) is 3.42. The van der Waals surface area contributed by atoms with Crippen LogP contribution in [0.3, 0.4) is 0 Å². The molecule has 0 fully saturated rings. The summed E-state index contributed by atoms with van der Waals surface area (Å²) >= 11 is 0. The first-order valence-corrected chi connectivity index (χ1v) is 7.65. The minimum absolute atomic E-state index is 0.137. The highest BCUT2D eigenvalue weighted by atomic mass is 16.5. The van der Waals surface area contributed by atoms with Gasteiger partial charge in [0.05, 0.1) is 18.7 Å². The number of aromatic nitrogens is 2. The van der Waals surface area contributed by atoms with Gasteiger partial charge in [0.15, 0.2) is 0 Å². The van der Waals surface area contributed by atoms with Gasteiger partial charge in [0.2, 0.25) is 5.91 Å². The van der Waals surface area contributed by atoms with Crippen molar-refractivity contribution in [2.75, 3.05) is 13.2 Å². The molecule has 1 heterocycles. The largest absolute Gasteiger partial charge is 0.494 e. The van der Waals surface area contributed by atoms with Crippen LogP contribution < -0.4 is 15.8 Å². The van der Waals surface area contributed by atoms with Crippen LogP contribution in [0, 0.1) is 5.92 Å². The Kier molecular flexibility index (Phi) is 6.24. The second kappa shape index (κ2) is 8.61. The van der Waals surface area contributed by atoms with E-state index in [2.05, 4.69) is 15.3 Å². The van der Waals surface area contributed by atoms with Gasteiger partial charge in [-0.15, -0.1) is 0 Å². The van der Waals surface area contributed by atoms with Gasteiger partial charge < -0.3 is 15.8 Å². The topological polar surface area (TPSA) is 107 Å². The highest BCUT2D eigenvalue weighted by Gasteiger charge is 2.18. The molecule has 1 aromatic heterocycles. The molecule has 0 aliphatic rings. The molecule has 0 aliphatic heterocycles. The van der Waals surface area contributed by atoms with Gasteiger partial charge >= 0.3 is 0 Å². The van der Waals surface area contributed by atoms with Gasteiger partial charge in [-0.05, 0) is 31.0 Å². The fraction of sp³-hybridized carbons (Fsp3) is 0.294. The van der Waals surface area contributed by atoms with Crippen LogP contribution in [0.2, 0.25) is 0 Å². The average Bonchev–Trinajstić information content (AvgIpc) is 2.60. The maximum absolute atomic E-state index is 12.0. The normalized spacial score (nSPS) is 11.5. The van der Waals surface area contributed by atoms with Crippen molar-refractivity contribution in [3.63, 3.8) is 0 Å². The molecule has 2 rings (SSSR count). The van der Waals surface area contributed by atoms with Crippen molar-refractivity contribution < 1.29 is 14.3 Å². The minimum Gasteiger partial charge on any atom is -0.494 e. The molecule has 0 aliphatic carbocycles. The zero-order chi connectivity index (χ0) is 17.4. The minimum atomic E-state index is -0.511. The molecule has 2 amide bonds. The number of nitrogens with zero attached hydrogens (tertiary/aromatic N) is 2. The SMILES string of the molecule is CCOc1ccc(C[C@@H](CNC(=O)c2cnccn2)C(N)=O)cc1. The van der Waals surface area contributed by atoms with Gasteiger partial charge in [0.25, 0.3) is 5.91 Å². The first kappa shape index (κ1) is 17.4. The quantitative estimate of drug-likeness (QED) is 0.750. The monoisotopic (exact) mass is 328 g/mol. The van der Waals surface area contributed by atoms with Crippen LogP contribution in [-0.4, -0.2) is 34.9 Å². The summed E-state index contributed by atoms with van der Waals surface area (Å²) < 4.78 is 5.38. The molecule has 126 valence electrons. The Morgan fingerprint density at radius 3 is 2.58 bits per heavy atom. The standard InChI is InChI=1S/C17H20N4O3/c1-2-24-14-5-3-12(4-6-14)9-13(16(18)22)10-21-17(23)15-11-19-7-8-20-15/h3-8,11,13H,2,9-10H2,1H3,(H2,18,22)(H,21,23)/t13-/m0/s1. The highest BCUT2D eigenvalue weighted by molar-refractivity contribution is 5.92. The molecule has 1 atom stereocenters. The Morgan fingerprint density at radius 2 is 2.00 bits per heavy atom. The van der Waals surface area contributed by atoms with Crippen molar-refractivity contribution in [1.82, 2.24) is 15.3 Å². The lowest BCUT2D eigenvalue weighted by molar-refractivity contribution is -0.121. The average molecular weight is 328 g/mol. The fourth-order valence-corrected chi connectivity index (χ4v) is 2.17. The summed E-state index contributed by atoms with van der Waals surface area (Å²) in [6.07, 6.45) is 4.71. The molecule has 0 saturated heterocycles. The molecular weight excluding hydrogens is 308 g/mol. The Hall–Kier alpha value is -2.96. The third-order valence-electron chi connectivity index (χ3n) is 3.42. The van der Waals surface area contributed by atoms with Crippen molar-refractivity contribution in [1.29, 1.82) is 0 Å². The summed E-state index contributed by atoms with van der Waals surface area (Å²) in [6.45, 7) is 2.65. The van der Waals surface area contributed by atoms with Crippen molar-refractivity contribution in [3.8, 4) is 5.75 Å². The van der Waals surface area contributed by atoms with Crippen LogP contribution in [0.15, 0.2) is 42.9 Å². The number of carbonyl (C=O) groups is 2. The Balaban J connectivity index is 1.94. The number of hydrogen-bond acceptors (Lipinski definition) is 5. The number of amides is 2. The van der Waals surface area contributed by atoms with Crippen molar-refractivity contribution in [2.45, 2.75) is 13.3 Å². The van der Waals surface area contributed by atoms with Crippen LogP contribution >= 0.6 is 0 Å². The van der Waals surface area contributed by atoms with E-state index in [1.54, 1.807) is 0 Å². The lowest BCUT2D eigenvalue weighted by atomic mass is 9.98. The third kappa shape index (κ3) is 5.05. The molecule has 7 heteroatoms. The molecular formula is C17H20N4O3. The van der Waals surface area contributed by atoms with E-state index in [0.29, 0.717) is 13.0 Å². The van der Waals surface area contributed by atoms with Crippen molar-refractivity contribution >= 4 is 11.8 Å². The molecule has 7 nitrogen and oxygen atoms in total. The van der Waals surface area contributed by atoms with Crippen LogP contribution in [-0.2, 0) is 11.2 Å². The Labute approximate surface area is 140 Å². The molecule has 3 N–H and O–H groups in total. The number of nitrogens with one attached hydrogen (secondary N) is 1. The number of carbonyl (C=O) groups excluding carboxylic acids is 2. The van der Waals surface area contributed by atoms with Crippen LogP contribution in [0.1, 0.15) is 23.0 Å². The highest BCUT2D eigenvalue weighted by Crippen LogP contribution is 2.15. The zero-order valence-corrected chi connectivity index (χ0v) is 13.4. The van der Waals surface area contributed by atoms with Crippen LogP contribution in [0.5, 0.6) is 5.75 Å². The van der Waals surface area contributed by atoms with E-state index in [1.165, 1.54) is 18.6 Å². The molecule has 0 spiro atoms. The van der Waals surface area contributed by atoms with Gasteiger partial charge in [-0.25, -0.2) is 4.98 Å². The first-order valence-electron chi connectivity index (χ1n) is 7.65. The lowest BCUT2D eigenvalue weighted by Crippen LogP contribution is -2.37. The predicted molar refractivity (Wildman–Crippen MR) is 88.4 cm³/mol. The summed E-state index contributed by atoms with van der Waals surface area (Å²) in [4.78, 5) is 31.3. The second-order valence-corrected chi connectivity index (χ2v) is 5.18. The number of nitrogens with two attached hydrogens (primary N) is 1. The second-order valence-electron chi connectivity index (χ2n) is 5.18. The van der Waals surface area contributed by atoms with E-state index < -0.39 is 11.8 Å². The molecule has 24 heavy (non-hydrogen) atoms. The van der Waals surface area contributed by atoms with E-state index in [1.807, 2.05) is 31.2 Å². The van der Waals surface area contributed by atoms with E-state index in [-0.39, 0.29) is 18.1 Å². The Morgan fingerprint density at radius 1 is 1.25 bits per heavy atom. The summed E-state index contributed by atoms with van der Waals surface area (Å²) in [5, 5.41) is 2.67. The molecule has 1 aromatic carbocycles. The van der Waals surface area contributed by atoms with E-state index >= 15 is 0 Å². The number of primary amides is 1. The number of hydrogen-bond donors (Lipinski definition) is 2.